The highest BCUT2D eigenvalue weighted by atomic mass is 32.2. The standard InChI is InChI=1S/C29H21N3O8S/c33-28-25-26(19-14-16-23(17-15-19)40-41(37,38)24-12-5-2-6-13-24)31(21-10-7-11-22(18-21)32(35)36)39-27(25)29(34)30(28)20-8-3-1-4-9-20/h1-18,25-27H. The molecule has 206 valence electrons. The van der Waals surface area contributed by atoms with E-state index < -0.39 is 44.9 Å². The van der Waals surface area contributed by atoms with E-state index >= 15 is 0 Å². The first kappa shape index (κ1) is 26.2. The van der Waals surface area contributed by atoms with Crippen LogP contribution < -0.4 is 14.1 Å². The first-order chi connectivity index (χ1) is 19.7. The Bertz CT molecular complexity index is 1750. The minimum Gasteiger partial charge on any atom is -0.379 e. The highest BCUT2D eigenvalue weighted by Gasteiger charge is 2.60. The van der Waals surface area contributed by atoms with Crippen LogP contribution >= 0.6 is 0 Å². The van der Waals surface area contributed by atoms with Crippen molar-refractivity contribution in [2.45, 2.75) is 17.0 Å². The van der Waals surface area contributed by atoms with Crippen LogP contribution in [0.25, 0.3) is 0 Å². The second-order valence-corrected chi connectivity index (χ2v) is 10.9. The maximum atomic E-state index is 13.7. The fourth-order valence-corrected chi connectivity index (χ4v) is 5.99. The number of carbonyl (C=O) groups excluding carboxylic acids is 2. The summed E-state index contributed by atoms with van der Waals surface area (Å²) in [5.41, 5.74) is 0.985. The Balaban J connectivity index is 1.37. The number of hydrogen-bond donors (Lipinski definition) is 0. The Morgan fingerprint density at radius 2 is 1.41 bits per heavy atom. The van der Waals surface area contributed by atoms with Crippen LogP contribution in [0.5, 0.6) is 5.75 Å². The van der Waals surface area contributed by atoms with Crippen LogP contribution in [0.2, 0.25) is 0 Å². The van der Waals surface area contributed by atoms with Crippen LogP contribution in [0.15, 0.2) is 114 Å². The van der Waals surface area contributed by atoms with Gasteiger partial charge < -0.3 is 4.18 Å². The van der Waals surface area contributed by atoms with Crippen LogP contribution in [0, 0.1) is 16.0 Å². The van der Waals surface area contributed by atoms with Crippen molar-refractivity contribution in [1.29, 1.82) is 0 Å². The van der Waals surface area contributed by atoms with Gasteiger partial charge in [-0.25, -0.2) is 9.96 Å². The predicted octanol–water partition coefficient (Wildman–Crippen LogP) is 4.41. The largest absolute Gasteiger partial charge is 0.379 e. The number of para-hydroxylation sites is 1. The van der Waals surface area contributed by atoms with Crippen molar-refractivity contribution in [1.82, 2.24) is 0 Å². The van der Waals surface area contributed by atoms with Gasteiger partial charge >= 0.3 is 10.1 Å². The lowest BCUT2D eigenvalue weighted by atomic mass is 9.90. The highest BCUT2D eigenvalue weighted by molar-refractivity contribution is 7.87. The SMILES string of the molecule is O=C1C2ON(c3cccc([N+](=O)[O-])c3)C(c3ccc(OS(=O)(=O)c4ccccc4)cc3)C2C(=O)N1c1ccccc1. The molecule has 3 unspecified atom stereocenters. The number of hydrogen-bond acceptors (Lipinski definition) is 9. The second-order valence-electron chi connectivity index (χ2n) is 9.37. The van der Waals surface area contributed by atoms with E-state index in [2.05, 4.69) is 0 Å². The van der Waals surface area contributed by atoms with Crippen molar-refractivity contribution in [3.63, 3.8) is 0 Å². The van der Waals surface area contributed by atoms with Gasteiger partial charge in [0, 0.05) is 12.1 Å². The normalized spacial score (nSPS) is 20.2. The van der Waals surface area contributed by atoms with Crippen LogP contribution in [-0.4, -0.2) is 31.3 Å². The summed E-state index contributed by atoms with van der Waals surface area (Å²) < 4.78 is 30.6. The molecule has 0 spiro atoms. The summed E-state index contributed by atoms with van der Waals surface area (Å²) in [6.45, 7) is 0. The van der Waals surface area contributed by atoms with E-state index in [4.69, 9.17) is 9.02 Å². The minimum atomic E-state index is -4.08. The fourth-order valence-electron chi connectivity index (χ4n) is 5.03. The molecule has 0 bridgehead atoms. The molecule has 4 aromatic carbocycles. The third kappa shape index (κ3) is 4.68. The van der Waals surface area contributed by atoms with Gasteiger partial charge in [-0.15, -0.1) is 0 Å². The van der Waals surface area contributed by atoms with Gasteiger partial charge in [0.25, 0.3) is 11.6 Å². The molecule has 0 N–H and O–H groups in total. The van der Waals surface area contributed by atoms with Crippen molar-refractivity contribution < 1.29 is 32.0 Å². The van der Waals surface area contributed by atoms with E-state index in [-0.39, 0.29) is 22.0 Å². The molecule has 0 aromatic heterocycles. The number of rotatable bonds is 7. The summed E-state index contributed by atoms with van der Waals surface area (Å²) in [6.07, 6.45) is -1.18. The predicted molar refractivity (Wildman–Crippen MR) is 146 cm³/mol. The molecule has 12 heteroatoms. The zero-order valence-electron chi connectivity index (χ0n) is 21.1. The summed E-state index contributed by atoms with van der Waals surface area (Å²) in [7, 11) is -4.08. The molecule has 3 atom stereocenters. The maximum absolute atomic E-state index is 13.7. The van der Waals surface area contributed by atoms with E-state index in [9.17, 15) is 28.1 Å². The molecule has 2 aliphatic rings. The maximum Gasteiger partial charge on any atom is 0.339 e. The molecule has 0 saturated carbocycles. The van der Waals surface area contributed by atoms with Gasteiger partial charge in [0.2, 0.25) is 5.91 Å². The topological polar surface area (TPSA) is 136 Å². The number of non-ortho nitro benzene ring substituents is 1. The number of hydroxylamine groups is 1. The Morgan fingerprint density at radius 1 is 0.780 bits per heavy atom. The number of imide groups is 1. The molecular weight excluding hydrogens is 550 g/mol. The molecule has 2 fully saturated rings. The van der Waals surface area contributed by atoms with Crippen molar-refractivity contribution in [2.75, 3.05) is 9.96 Å². The van der Waals surface area contributed by atoms with Crippen LogP contribution in [-0.2, 0) is 24.5 Å². The van der Waals surface area contributed by atoms with Crippen molar-refractivity contribution in [3.05, 3.63) is 125 Å². The average molecular weight is 572 g/mol. The molecule has 41 heavy (non-hydrogen) atoms. The van der Waals surface area contributed by atoms with Gasteiger partial charge in [0.1, 0.15) is 16.6 Å². The number of fused-ring (bicyclic) bond motifs is 1. The molecule has 11 nitrogen and oxygen atoms in total. The molecule has 2 saturated heterocycles. The van der Waals surface area contributed by atoms with Gasteiger partial charge in [-0.05, 0) is 48.0 Å². The van der Waals surface area contributed by atoms with Gasteiger partial charge in [-0.1, -0.05) is 54.6 Å². The van der Waals surface area contributed by atoms with Crippen LogP contribution in [0.4, 0.5) is 17.1 Å². The number of nitrogens with zero attached hydrogens (tertiary/aromatic N) is 3. The van der Waals surface area contributed by atoms with Crippen molar-refractivity contribution in [3.8, 4) is 5.75 Å². The molecule has 4 aromatic rings. The number of carbonyl (C=O) groups is 2. The average Bonchev–Trinajstić information content (AvgIpc) is 3.49. The highest BCUT2D eigenvalue weighted by Crippen LogP contribution is 2.48. The zero-order chi connectivity index (χ0) is 28.7. The van der Waals surface area contributed by atoms with Crippen molar-refractivity contribution >= 4 is 39.0 Å². The third-order valence-corrected chi connectivity index (χ3v) is 8.15. The molecule has 2 heterocycles. The van der Waals surface area contributed by atoms with Crippen LogP contribution in [0.1, 0.15) is 11.6 Å². The Morgan fingerprint density at radius 3 is 2.07 bits per heavy atom. The first-order valence-electron chi connectivity index (χ1n) is 12.5. The lowest BCUT2D eigenvalue weighted by molar-refractivity contribution is -0.384. The summed E-state index contributed by atoms with van der Waals surface area (Å²) in [5.74, 6) is -1.99. The molecule has 2 aliphatic heterocycles. The molecule has 6 rings (SSSR count). The first-order valence-corrected chi connectivity index (χ1v) is 13.9. The second kappa shape index (κ2) is 10.2. The number of nitro benzene ring substituents is 1. The number of benzene rings is 4. The van der Waals surface area contributed by atoms with E-state index in [1.165, 1.54) is 47.5 Å². The zero-order valence-corrected chi connectivity index (χ0v) is 22.0. The summed E-state index contributed by atoms with van der Waals surface area (Å²) in [6, 6.07) is 27.0. The number of anilines is 2. The molecule has 2 amide bonds. The number of amides is 2. The Hall–Kier alpha value is -5.07. The fraction of sp³-hybridized carbons (Fsp3) is 0.103. The van der Waals surface area contributed by atoms with Gasteiger partial charge in [-0.3, -0.25) is 24.5 Å². The van der Waals surface area contributed by atoms with Gasteiger partial charge in [0.05, 0.1) is 22.3 Å². The summed E-state index contributed by atoms with van der Waals surface area (Å²) in [4.78, 5) is 45.2. The summed E-state index contributed by atoms with van der Waals surface area (Å²) >= 11 is 0. The van der Waals surface area contributed by atoms with E-state index in [0.717, 1.165) is 4.90 Å². The van der Waals surface area contributed by atoms with E-state index in [1.807, 2.05) is 0 Å². The monoisotopic (exact) mass is 571 g/mol. The lowest BCUT2D eigenvalue weighted by Gasteiger charge is -2.28. The van der Waals surface area contributed by atoms with Crippen molar-refractivity contribution in [2.24, 2.45) is 5.92 Å². The molecule has 0 radical (unpaired) electrons. The summed E-state index contributed by atoms with van der Waals surface area (Å²) in [5, 5.41) is 12.8. The number of nitro groups is 1. The van der Waals surface area contributed by atoms with Gasteiger partial charge in [0.15, 0.2) is 6.10 Å². The third-order valence-electron chi connectivity index (χ3n) is 6.88. The van der Waals surface area contributed by atoms with E-state index in [0.29, 0.717) is 11.3 Å². The quantitative estimate of drug-likeness (QED) is 0.137. The molecular formula is C29H21N3O8S. The van der Waals surface area contributed by atoms with E-state index in [1.54, 1.807) is 66.7 Å². The Labute approximate surface area is 234 Å². The molecule has 0 aliphatic carbocycles. The van der Waals surface area contributed by atoms with Gasteiger partial charge in [-0.2, -0.15) is 8.42 Å². The minimum absolute atomic E-state index is 0.0102. The Kier molecular flexibility index (Phi) is 6.48. The van der Waals surface area contributed by atoms with Crippen LogP contribution in [0.3, 0.4) is 0 Å². The smallest absolute Gasteiger partial charge is 0.339 e. The lowest BCUT2D eigenvalue weighted by Crippen LogP contribution is -2.37.